The van der Waals surface area contributed by atoms with E-state index >= 15 is 0 Å². The van der Waals surface area contributed by atoms with Crippen molar-refractivity contribution in [3.05, 3.63) is 35.4 Å². The number of hydrogen-bond donors (Lipinski definition) is 0. The third-order valence-corrected chi connectivity index (χ3v) is 5.97. The summed E-state index contributed by atoms with van der Waals surface area (Å²) in [4.78, 5) is 10.4. The second-order valence-corrected chi connectivity index (χ2v) is 7.96. The van der Waals surface area contributed by atoms with Gasteiger partial charge in [-0.2, -0.15) is 9.36 Å². The van der Waals surface area contributed by atoms with E-state index in [1.807, 2.05) is 0 Å². The number of anilines is 2. The van der Waals surface area contributed by atoms with Gasteiger partial charge in [-0.15, -0.1) is 0 Å². The van der Waals surface area contributed by atoms with E-state index in [1.54, 1.807) is 6.07 Å². The van der Waals surface area contributed by atoms with Crippen LogP contribution >= 0.6 is 11.5 Å². The van der Waals surface area contributed by atoms with Crippen molar-refractivity contribution in [2.24, 2.45) is 0 Å². The van der Waals surface area contributed by atoms with Gasteiger partial charge in [0, 0.05) is 57.2 Å². The Labute approximate surface area is 164 Å². The molecular weight excluding hydrogens is 394 g/mol. The molecule has 2 aliphatic rings. The molecule has 2 aromatic rings. The molecule has 0 aliphatic carbocycles. The number of hydrogen-bond acceptors (Lipinski definition) is 6. The molecule has 152 valence electrons. The molecule has 2 aliphatic heterocycles. The summed E-state index contributed by atoms with van der Waals surface area (Å²) in [6, 6.07) is 4.02. The zero-order chi connectivity index (χ0) is 19.7. The fourth-order valence-electron chi connectivity index (χ4n) is 3.52. The van der Waals surface area contributed by atoms with Gasteiger partial charge in [0.15, 0.2) is 11.6 Å². The van der Waals surface area contributed by atoms with Gasteiger partial charge in [-0.3, -0.25) is 4.90 Å². The van der Waals surface area contributed by atoms with Crippen LogP contribution < -0.4 is 9.80 Å². The van der Waals surface area contributed by atoms with Crippen LogP contribution in [0.15, 0.2) is 18.2 Å². The van der Waals surface area contributed by atoms with E-state index in [4.69, 9.17) is 0 Å². The molecule has 0 amide bonds. The number of aromatic nitrogens is 2. The highest BCUT2D eigenvalue weighted by Gasteiger charge is 2.39. The molecular formula is C18H21F4N5S. The fraction of sp³-hybridized carbons (Fsp3) is 0.556. The van der Waals surface area contributed by atoms with Crippen LogP contribution in [-0.2, 0) is 6.42 Å². The fourth-order valence-corrected chi connectivity index (χ4v) is 4.26. The number of rotatable bonds is 5. The quantitative estimate of drug-likeness (QED) is 0.702. The van der Waals surface area contributed by atoms with Crippen molar-refractivity contribution in [3.63, 3.8) is 0 Å². The molecule has 0 unspecified atom stereocenters. The molecule has 2 saturated heterocycles. The van der Waals surface area contributed by atoms with Gasteiger partial charge in [-0.05, 0) is 24.1 Å². The highest BCUT2D eigenvalue weighted by Crippen LogP contribution is 2.31. The summed E-state index contributed by atoms with van der Waals surface area (Å²) in [6.07, 6.45) is 0.501. The maximum Gasteiger partial charge on any atom is 0.267 e. The summed E-state index contributed by atoms with van der Waals surface area (Å²) < 4.78 is 57.3. The molecule has 1 aromatic heterocycles. The summed E-state index contributed by atoms with van der Waals surface area (Å²) in [5.74, 6) is -3.92. The Morgan fingerprint density at radius 2 is 1.79 bits per heavy atom. The van der Waals surface area contributed by atoms with Gasteiger partial charge in [0.2, 0.25) is 11.1 Å². The van der Waals surface area contributed by atoms with Gasteiger partial charge in [0.05, 0.1) is 6.54 Å². The van der Waals surface area contributed by atoms with Gasteiger partial charge in [-0.1, -0.05) is 6.07 Å². The Balaban J connectivity index is 1.27. The molecule has 1 aromatic carbocycles. The largest absolute Gasteiger partial charge is 0.344 e. The molecule has 0 N–H and O–H groups in total. The van der Waals surface area contributed by atoms with Crippen LogP contribution in [-0.4, -0.2) is 66.0 Å². The molecule has 2 fully saturated rings. The van der Waals surface area contributed by atoms with E-state index in [1.165, 1.54) is 22.5 Å². The minimum atomic E-state index is -2.66. The van der Waals surface area contributed by atoms with Crippen molar-refractivity contribution in [2.75, 3.05) is 55.6 Å². The highest BCUT2D eigenvalue weighted by atomic mass is 32.1. The molecule has 0 atom stereocenters. The Hall–Kier alpha value is -1.94. The van der Waals surface area contributed by atoms with E-state index < -0.39 is 17.6 Å². The van der Waals surface area contributed by atoms with Crippen molar-refractivity contribution in [3.8, 4) is 0 Å². The van der Waals surface area contributed by atoms with E-state index in [0.717, 1.165) is 49.5 Å². The monoisotopic (exact) mass is 415 g/mol. The van der Waals surface area contributed by atoms with Crippen molar-refractivity contribution < 1.29 is 17.6 Å². The predicted molar refractivity (Wildman–Crippen MR) is 100 cm³/mol. The van der Waals surface area contributed by atoms with Gasteiger partial charge in [-0.25, -0.2) is 17.6 Å². The third kappa shape index (κ3) is 4.38. The minimum absolute atomic E-state index is 0.155. The Bertz CT molecular complexity index is 822. The van der Waals surface area contributed by atoms with Crippen LogP contribution in [0.1, 0.15) is 12.0 Å². The second kappa shape index (κ2) is 7.82. The van der Waals surface area contributed by atoms with Crippen LogP contribution in [0.4, 0.5) is 28.6 Å². The number of alkyl halides is 2. The van der Waals surface area contributed by atoms with Crippen LogP contribution in [0.25, 0.3) is 0 Å². The molecule has 0 saturated carbocycles. The number of benzene rings is 1. The van der Waals surface area contributed by atoms with Gasteiger partial charge in [0.1, 0.15) is 0 Å². The lowest BCUT2D eigenvalue weighted by molar-refractivity contribution is 0.0256. The lowest BCUT2D eigenvalue weighted by atomic mass is 10.1. The maximum absolute atomic E-state index is 13.4. The third-order valence-electron chi connectivity index (χ3n) is 5.20. The minimum Gasteiger partial charge on any atom is -0.344 e. The topological polar surface area (TPSA) is 35.5 Å². The lowest BCUT2D eigenvalue weighted by Gasteiger charge is -2.34. The van der Waals surface area contributed by atoms with Gasteiger partial charge in [0.25, 0.3) is 5.92 Å². The zero-order valence-electron chi connectivity index (χ0n) is 15.3. The summed E-state index contributed by atoms with van der Waals surface area (Å²) >= 11 is 1.24. The van der Waals surface area contributed by atoms with Crippen molar-refractivity contribution in [1.29, 1.82) is 0 Å². The SMILES string of the molecule is Fc1ccc(CCN2CCN(c3nc(N4CCC(F)(F)C4)ns3)CC2)cc1F. The van der Waals surface area contributed by atoms with Crippen molar-refractivity contribution in [1.82, 2.24) is 14.3 Å². The maximum atomic E-state index is 13.4. The second-order valence-electron chi connectivity index (χ2n) is 7.23. The normalized spacial score (nSPS) is 20.1. The van der Waals surface area contributed by atoms with Gasteiger partial charge < -0.3 is 9.80 Å². The van der Waals surface area contributed by atoms with Crippen molar-refractivity contribution >= 4 is 22.6 Å². The Morgan fingerprint density at radius 3 is 2.46 bits per heavy atom. The number of halogens is 4. The number of nitrogens with zero attached hydrogens (tertiary/aromatic N) is 5. The molecule has 4 rings (SSSR count). The summed E-state index contributed by atoms with van der Waals surface area (Å²) in [5.41, 5.74) is 0.775. The first-order valence-corrected chi connectivity index (χ1v) is 10.0. The Morgan fingerprint density at radius 1 is 1.00 bits per heavy atom. The van der Waals surface area contributed by atoms with E-state index in [0.29, 0.717) is 12.4 Å². The first kappa shape index (κ1) is 19.4. The standard InChI is InChI=1S/C18H21F4N5S/c19-14-2-1-13(11-15(14)20)3-5-25-7-9-26(10-8-25)17-23-16(24-28-17)27-6-4-18(21,22)12-27/h1-2,11H,3-10,12H2. The molecule has 28 heavy (non-hydrogen) atoms. The molecule has 0 spiro atoms. The van der Waals surface area contributed by atoms with E-state index in [-0.39, 0.29) is 19.5 Å². The molecule has 0 radical (unpaired) electrons. The first-order valence-electron chi connectivity index (χ1n) is 9.27. The van der Waals surface area contributed by atoms with Crippen molar-refractivity contribution in [2.45, 2.75) is 18.8 Å². The summed E-state index contributed by atoms with van der Waals surface area (Å²) in [5, 5.41) is 0.755. The van der Waals surface area contributed by atoms with Crippen LogP contribution in [0.3, 0.4) is 0 Å². The summed E-state index contributed by atoms with van der Waals surface area (Å²) in [7, 11) is 0. The average Bonchev–Trinajstić information content (AvgIpc) is 3.30. The number of piperazine rings is 1. The smallest absolute Gasteiger partial charge is 0.267 e. The average molecular weight is 415 g/mol. The zero-order valence-corrected chi connectivity index (χ0v) is 16.1. The van der Waals surface area contributed by atoms with Crippen LogP contribution in [0.5, 0.6) is 0 Å². The molecule has 0 bridgehead atoms. The first-order chi connectivity index (χ1) is 13.4. The highest BCUT2D eigenvalue weighted by molar-refractivity contribution is 7.09. The molecule has 3 heterocycles. The van der Waals surface area contributed by atoms with E-state index in [9.17, 15) is 17.6 Å². The lowest BCUT2D eigenvalue weighted by Crippen LogP contribution is -2.47. The van der Waals surface area contributed by atoms with E-state index in [2.05, 4.69) is 19.2 Å². The van der Waals surface area contributed by atoms with Gasteiger partial charge >= 0.3 is 0 Å². The van der Waals surface area contributed by atoms with Crippen LogP contribution in [0.2, 0.25) is 0 Å². The van der Waals surface area contributed by atoms with Crippen LogP contribution in [0, 0.1) is 11.6 Å². The predicted octanol–water partition coefficient (Wildman–Crippen LogP) is 3.03. The summed E-state index contributed by atoms with van der Waals surface area (Å²) in [6.45, 7) is 3.90. The molecule has 10 heteroatoms. The Kier molecular flexibility index (Phi) is 5.42. The molecule has 5 nitrogen and oxygen atoms in total.